The molecule has 0 radical (unpaired) electrons. The Balaban J connectivity index is 1.36. The molecule has 48 heavy (non-hydrogen) atoms. The molecule has 4 amide bonds. The summed E-state index contributed by atoms with van der Waals surface area (Å²) >= 11 is 0. The highest BCUT2D eigenvalue weighted by Gasteiger charge is 2.57. The lowest BCUT2D eigenvalue weighted by Gasteiger charge is -2.31. The molecule has 12 nitrogen and oxygen atoms in total. The number of fused-ring (bicyclic) bond motifs is 2. The fourth-order valence-electron chi connectivity index (χ4n) is 5.33. The molecule has 0 bridgehead atoms. The third-order valence-corrected chi connectivity index (χ3v) is 8.32. The number of hydrogen-bond acceptors (Lipinski definition) is 8. The van der Waals surface area contributed by atoms with Gasteiger partial charge in [-0.2, -0.15) is 13.2 Å². The Morgan fingerprint density at radius 1 is 1.10 bits per heavy atom. The van der Waals surface area contributed by atoms with Crippen LogP contribution in [-0.4, -0.2) is 71.5 Å². The zero-order valence-electron chi connectivity index (χ0n) is 25.2. The number of halogens is 4. The highest BCUT2D eigenvalue weighted by Crippen LogP contribution is 2.47. The second-order valence-electron chi connectivity index (χ2n) is 11.7. The monoisotopic (exact) mass is 668 g/mol. The topological polar surface area (TPSA) is 178 Å². The zero-order chi connectivity index (χ0) is 34.4. The molecule has 2 aliphatic rings. The number of carbonyl (C=O) groups is 3. The molecule has 4 aromatic rings. The van der Waals surface area contributed by atoms with E-state index in [0.29, 0.717) is 24.1 Å². The molecule has 6 rings (SSSR count). The zero-order valence-corrected chi connectivity index (χ0v) is 25.2. The first-order valence-corrected chi connectivity index (χ1v) is 14.6. The molecular formula is C32H28F4N6O6. The molecule has 2 aromatic heterocycles. The summed E-state index contributed by atoms with van der Waals surface area (Å²) in [6.45, 7) is 0.298. The summed E-state index contributed by atoms with van der Waals surface area (Å²) in [5, 5.41) is 19.1. The number of ether oxygens (including phenoxy) is 2. The number of aliphatic hydroxyl groups is 1. The highest BCUT2D eigenvalue weighted by atomic mass is 19.4. The molecule has 0 aliphatic carbocycles. The normalized spacial score (nSPS) is 18.6. The smallest absolute Gasteiger partial charge is 0.424 e. The van der Waals surface area contributed by atoms with Crippen LogP contribution in [0.1, 0.15) is 28.5 Å². The number of aromatic nitrogens is 2. The van der Waals surface area contributed by atoms with Crippen LogP contribution >= 0.6 is 0 Å². The van der Waals surface area contributed by atoms with Gasteiger partial charge in [-0.3, -0.25) is 14.6 Å². The van der Waals surface area contributed by atoms with Gasteiger partial charge in [0.25, 0.3) is 5.91 Å². The van der Waals surface area contributed by atoms with Crippen molar-refractivity contribution < 1.29 is 46.5 Å². The van der Waals surface area contributed by atoms with Crippen molar-refractivity contribution in [2.75, 3.05) is 31.7 Å². The van der Waals surface area contributed by atoms with Crippen LogP contribution in [0, 0.1) is 5.82 Å². The van der Waals surface area contributed by atoms with E-state index < -0.39 is 53.1 Å². The predicted octanol–water partition coefficient (Wildman–Crippen LogP) is 3.27. The molecule has 16 heteroatoms. The van der Waals surface area contributed by atoms with E-state index in [1.165, 1.54) is 37.4 Å². The minimum absolute atomic E-state index is 0.0566. The lowest BCUT2D eigenvalue weighted by molar-refractivity contribution is -0.265. The molecule has 1 saturated heterocycles. The number of nitrogens with two attached hydrogens (primary N) is 1. The molecule has 0 spiro atoms. The van der Waals surface area contributed by atoms with E-state index in [4.69, 9.17) is 15.2 Å². The van der Waals surface area contributed by atoms with Crippen molar-refractivity contribution in [3.05, 3.63) is 83.4 Å². The van der Waals surface area contributed by atoms with Gasteiger partial charge in [0.05, 0.1) is 42.7 Å². The fraction of sp³-hybridized carbons (Fsp3) is 0.281. The van der Waals surface area contributed by atoms with Crippen molar-refractivity contribution in [2.45, 2.75) is 30.2 Å². The van der Waals surface area contributed by atoms with Crippen LogP contribution in [0.4, 0.5) is 28.0 Å². The van der Waals surface area contributed by atoms with E-state index in [2.05, 4.69) is 25.9 Å². The predicted molar refractivity (Wildman–Crippen MR) is 162 cm³/mol. The Bertz CT molecular complexity index is 1940. The van der Waals surface area contributed by atoms with Crippen molar-refractivity contribution in [3.63, 3.8) is 0 Å². The van der Waals surface area contributed by atoms with Gasteiger partial charge < -0.3 is 36.3 Å². The molecule has 6 N–H and O–H groups in total. The number of primary amides is 1. The number of benzene rings is 2. The van der Waals surface area contributed by atoms with E-state index in [0.717, 1.165) is 18.2 Å². The Morgan fingerprint density at radius 2 is 1.83 bits per heavy atom. The number of amides is 4. The first-order chi connectivity index (χ1) is 22.7. The van der Waals surface area contributed by atoms with Gasteiger partial charge in [-0.25, -0.2) is 14.2 Å². The van der Waals surface area contributed by atoms with Crippen LogP contribution in [0.2, 0.25) is 0 Å². The standard InChI is InChI=1S/C32H28F4N6O6/c1-30(28(37)44)15-48-26-21(30)11-23(42-25(26)16-4-6-19(33)7-5-16)31(46,32(34,35)36)14-39-27(43)18-9-17-3-2-8-38-24(17)22(10-18)41-29(45)40-20-12-47-13-20/h2-11,20,46H,12-15H2,1H3,(H2,37,44)(H,39,43)(H2,40,41,45)/t30-,31-/m0/s1. The third-order valence-electron chi connectivity index (χ3n) is 8.32. The number of carbonyl (C=O) groups excluding carboxylic acids is 3. The van der Waals surface area contributed by atoms with Gasteiger partial charge in [0.1, 0.15) is 29.3 Å². The molecule has 0 unspecified atom stereocenters. The average molecular weight is 669 g/mol. The Morgan fingerprint density at radius 3 is 2.48 bits per heavy atom. The molecule has 0 saturated carbocycles. The van der Waals surface area contributed by atoms with Crippen molar-refractivity contribution in [2.24, 2.45) is 5.73 Å². The summed E-state index contributed by atoms with van der Waals surface area (Å²) in [6, 6.07) is 10.4. The van der Waals surface area contributed by atoms with E-state index in [9.17, 15) is 37.1 Å². The number of hydrogen-bond donors (Lipinski definition) is 5. The minimum Gasteiger partial charge on any atom is -0.489 e. The van der Waals surface area contributed by atoms with Gasteiger partial charge in [0.15, 0.2) is 0 Å². The van der Waals surface area contributed by atoms with Crippen molar-refractivity contribution >= 4 is 34.4 Å². The second-order valence-corrected chi connectivity index (χ2v) is 11.7. The van der Waals surface area contributed by atoms with Gasteiger partial charge in [0.2, 0.25) is 11.5 Å². The summed E-state index contributed by atoms with van der Waals surface area (Å²) in [6.07, 6.45) is -3.94. The maximum Gasteiger partial charge on any atom is 0.424 e. The summed E-state index contributed by atoms with van der Waals surface area (Å²) in [5.41, 5.74) is -0.613. The first kappa shape index (κ1) is 32.6. The number of anilines is 1. The Hall–Kier alpha value is -5.35. The largest absolute Gasteiger partial charge is 0.489 e. The molecular weight excluding hydrogens is 640 g/mol. The number of nitrogens with one attached hydrogen (secondary N) is 3. The van der Waals surface area contributed by atoms with E-state index in [-0.39, 0.29) is 46.5 Å². The third kappa shape index (κ3) is 5.84. The minimum atomic E-state index is -5.41. The molecule has 2 aromatic carbocycles. The number of urea groups is 1. The lowest BCUT2D eigenvalue weighted by Crippen LogP contribution is -2.52. The van der Waals surface area contributed by atoms with Gasteiger partial charge in [-0.05, 0) is 55.5 Å². The Kier molecular flexibility index (Phi) is 8.16. The van der Waals surface area contributed by atoms with Crippen molar-refractivity contribution in [1.82, 2.24) is 20.6 Å². The van der Waals surface area contributed by atoms with Gasteiger partial charge in [-0.15, -0.1) is 0 Å². The quantitative estimate of drug-likeness (QED) is 0.178. The van der Waals surface area contributed by atoms with Gasteiger partial charge >= 0.3 is 12.2 Å². The number of rotatable bonds is 8. The average Bonchev–Trinajstić information content (AvgIpc) is 3.38. The van der Waals surface area contributed by atoms with E-state index in [1.807, 2.05) is 0 Å². The summed E-state index contributed by atoms with van der Waals surface area (Å²) < 4.78 is 68.8. The van der Waals surface area contributed by atoms with Gasteiger partial charge in [-0.1, -0.05) is 6.07 Å². The van der Waals surface area contributed by atoms with Crippen LogP contribution in [0.3, 0.4) is 0 Å². The fourth-order valence-corrected chi connectivity index (χ4v) is 5.33. The summed E-state index contributed by atoms with van der Waals surface area (Å²) in [5.74, 6) is -2.61. The molecule has 250 valence electrons. The number of alkyl halides is 3. The van der Waals surface area contributed by atoms with Gasteiger partial charge in [0, 0.05) is 28.3 Å². The SMILES string of the molecule is C[C@]1(C(N)=O)COc2c1cc([C@@](O)(CNC(=O)c1cc(NC(=O)NC3COC3)c3ncccc3c1)C(F)(F)F)nc2-c1ccc(F)cc1. The lowest BCUT2D eigenvalue weighted by atomic mass is 9.81. The Labute approximate surface area is 269 Å². The van der Waals surface area contributed by atoms with Crippen LogP contribution in [0.25, 0.3) is 22.2 Å². The molecule has 2 aliphatic heterocycles. The second kappa shape index (κ2) is 12.0. The molecule has 2 atom stereocenters. The van der Waals surface area contributed by atoms with E-state index >= 15 is 0 Å². The summed E-state index contributed by atoms with van der Waals surface area (Å²) in [4.78, 5) is 46.7. The highest BCUT2D eigenvalue weighted by molar-refractivity contribution is 6.05. The van der Waals surface area contributed by atoms with Crippen molar-refractivity contribution in [3.8, 4) is 17.0 Å². The number of nitrogens with zero attached hydrogens (tertiary/aromatic N) is 2. The van der Waals surface area contributed by atoms with Crippen LogP contribution in [-0.2, 0) is 20.5 Å². The van der Waals surface area contributed by atoms with Crippen LogP contribution in [0.15, 0.2) is 60.8 Å². The first-order valence-electron chi connectivity index (χ1n) is 14.6. The molecule has 4 heterocycles. The van der Waals surface area contributed by atoms with Crippen molar-refractivity contribution in [1.29, 1.82) is 0 Å². The summed E-state index contributed by atoms with van der Waals surface area (Å²) in [7, 11) is 0. The molecule has 1 fully saturated rings. The van der Waals surface area contributed by atoms with Crippen LogP contribution in [0.5, 0.6) is 5.75 Å². The van der Waals surface area contributed by atoms with E-state index in [1.54, 1.807) is 12.1 Å². The van der Waals surface area contributed by atoms with Crippen LogP contribution < -0.4 is 26.4 Å². The number of pyridine rings is 2. The maximum atomic E-state index is 14.8. The maximum absolute atomic E-state index is 14.8.